The Morgan fingerprint density at radius 3 is 2.43 bits per heavy atom. The van der Waals surface area contributed by atoms with Crippen LogP contribution in [0, 0.1) is 18.3 Å². The van der Waals surface area contributed by atoms with Crippen LogP contribution in [0.25, 0.3) is 22.3 Å². The monoisotopic (exact) mass is 790 g/mol. The third-order valence-electron chi connectivity index (χ3n) is 11.9. The average Bonchev–Trinajstić information content (AvgIpc) is 3.50. The average molecular weight is 791 g/mol. The molecular formula is C42H58N6O7S. The highest BCUT2D eigenvalue weighted by Gasteiger charge is 2.53. The van der Waals surface area contributed by atoms with Gasteiger partial charge in [-0.1, -0.05) is 34.1 Å². The van der Waals surface area contributed by atoms with E-state index in [0.717, 1.165) is 41.8 Å². The fraction of sp³-hybridized carbons (Fsp3) is 0.643. The van der Waals surface area contributed by atoms with E-state index in [4.69, 9.17) is 28.9 Å². The van der Waals surface area contributed by atoms with Crippen LogP contribution in [0.4, 0.5) is 9.93 Å². The molecule has 304 valence electrons. The number of aromatic nitrogens is 2. The van der Waals surface area contributed by atoms with Crippen LogP contribution < -0.4 is 25.4 Å². The summed E-state index contributed by atoms with van der Waals surface area (Å²) in [7, 11) is 1.63. The molecule has 8 atom stereocenters. The minimum atomic E-state index is -0.956. The van der Waals surface area contributed by atoms with Crippen LogP contribution >= 0.6 is 11.3 Å². The minimum Gasteiger partial charge on any atom is -0.496 e. The number of rotatable bonds is 12. The Morgan fingerprint density at radius 2 is 1.79 bits per heavy atom. The zero-order chi connectivity index (χ0) is 40.1. The molecule has 3 saturated heterocycles. The minimum absolute atomic E-state index is 0.105. The van der Waals surface area contributed by atoms with Gasteiger partial charge >= 0.3 is 6.09 Å². The number of aryl methyl sites for hydroxylation is 1. The second-order valence-electron chi connectivity index (χ2n) is 17.7. The van der Waals surface area contributed by atoms with Gasteiger partial charge in [0.25, 0.3) is 0 Å². The lowest BCUT2D eigenvalue weighted by atomic mass is 9.85. The lowest BCUT2D eigenvalue weighted by Gasteiger charge is -2.36. The molecular weight excluding hydrogens is 733 g/mol. The number of nitrogens with zero attached hydrogens (tertiary/aromatic N) is 3. The highest BCUT2D eigenvalue weighted by atomic mass is 32.1. The Labute approximate surface area is 334 Å². The van der Waals surface area contributed by atoms with E-state index in [2.05, 4.69) is 43.6 Å². The van der Waals surface area contributed by atoms with Gasteiger partial charge in [0.1, 0.15) is 41.5 Å². The molecule has 2 aromatic heterocycles. The van der Waals surface area contributed by atoms with Crippen molar-refractivity contribution in [3.8, 4) is 22.9 Å². The Bertz CT molecular complexity index is 1950. The number of hydrogen-bond donors (Lipinski definition) is 3. The number of methoxy groups -OCH3 is 1. The molecule has 3 N–H and O–H groups in total. The summed E-state index contributed by atoms with van der Waals surface area (Å²) in [5, 5.41) is 13.1. The van der Waals surface area contributed by atoms with E-state index in [0.29, 0.717) is 47.2 Å². The largest absolute Gasteiger partial charge is 0.496 e. The molecule has 2 unspecified atom stereocenters. The molecule has 2 bridgehead atoms. The van der Waals surface area contributed by atoms with Crippen LogP contribution in [0.2, 0.25) is 0 Å². The van der Waals surface area contributed by atoms with Gasteiger partial charge in [0, 0.05) is 53.2 Å². The summed E-state index contributed by atoms with van der Waals surface area (Å²) in [5.74, 6) is 1.08. The van der Waals surface area contributed by atoms with Crippen LogP contribution in [0.5, 0.6) is 11.5 Å². The van der Waals surface area contributed by atoms with E-state index in [1.165, 1.54) is 11.3 Å². The topological polar surface area (TPSA) is 153 Å². The van der Waals surface area contributed by atoms with Crippen molar-refractivity contribution in [2.24, 2.45) is 11.3 Å². The summed E-state index contributed by atoms with van der Waals surface area (Å²) < 4.78 is 24.3. The molecule has 4 fully saturated rings. The molecule has 1 aromatic carbocycles. The van der Waals surface area contributed by atoms with E-state index in [1.54, 1.807) is 12.0 Å². The van der Waals surface area contributed by atoms with Crippen molar-refractivity contribution in [1.29, 1.82) is 0 Å². The summed E-state index contributed by atoms with van der Waals surface area (Å²) in [5.41, 5.74) is 1.90. The first-order valence-corrected chi connectivity index (χ1v) is 21.1. The molecule has 4 aliphatic rings. The third kappa shape index (κ3) is 8.41. The lowest BCUT2D eigenvalue weighted by molar-refractivity contribution is -0.142. The van der Waals surface area contributed by atoms with Gasteiger partial charge in [-0.25, -0.2) is 14.8 Å². The summed E-state index contributed by atoms with van der Waals surface area (Å²) in [6.45, 7) is 16.1. The number of likely N-dealkylation sites (tertiary alicyclic amines) is 1. The first kappa shape index (κ1) is 40.0. The van der Waals surface area contributed by atoms with Crippen LogP contribution in [0.15, 0.2) is 23.6 Å². The number of thiazole rings is 1. The van der Waals surface area contributed by atoms with Crippen molar-refractivity contribution in [1.82, 2.24) is 25.5 Å². The first-order valence-electron chi connectivity index (χ1n) is 20.2. The Morgan fingerprint density at radius 1 is 1.05 bits per heavy atom. The fourth-order valence-electron chi connectivity index (χ4n) is 8.68. The normalized spacial score (nSPS) is 27.6. The number of amides is 3. The Kier molecular flexibility index (Phi) is 11.2. The number of anilines is 1. The molecule has 0 spiro atoms. The van der Waals surface area contributed by atoms with E-state index >= 15 is 0 Å². The highest BCUT2D eigenvalue weighted by molar-refractivity contribution is 7.14. The number of benzene rings is 1. The number of carbonyl (C=O) groups excluding carboxylic acids is 3. The smallest absolute Gasteiger partial charge is 0.408 e. The van der Waals surface area contributed by atoms with Crippen molar-refractivity contribution in [2.75, 3.05) is 19.0 Å². The van der Waals surface area contributed by atoms with Crippen molar-refractivity contribution >= 4 is 45.3 Å². The van der Waals surface area contributed by atoms with E-state index in [9.17, 15) is 14.4 Å². The summed E-state index contributed by atoms with van der Waals surface area (Å²) >= 11 is 1.51. The predicted molar refractivity (Wildman–Crippen MR) is 216 cm³/mol. The van der Waals surface area contributed by atoms with E-state index in [1.807, 2.05) is 51.3 Å². The van der Waals surface area contributed by atoms with Gasteiger partial charge in [-0.15, -0.1) is 11.3 Å². The maximum atomic E-state index is 14.8. The Hall–Kier alpha value is -4.17. The van der Waals surface area contributed by atoms with Gasteiger partial charge in [-0.3, -0.25) is 9.59 Å². The number of nitrogens with one attached hydrogen (secondary N) is 3. The molecule has 56 heavy (non-hydrogen) atoms. The van der Waals surface area contributed by atoms with E-state index < -0.39 is 29.7 Å². The van der Waals surface area contributed by atoms with Gasteiger partial charge < -0.3 is 39.8 Å². The molecule has 1 aliphatic carbocycles. The van der Waals surface area contributed by atoms with Crippen molar-refractivity contribution in [3.05, 3.63) is 29.1 Å². The standard InChI is InChI=1S/C42H58N6O7S/c1-10-24-19-42(24,8)47-37(49)32-17-28(20-48(32)38(50)36(41(5,6)7)46-40(51)55-27-15-25-11-12-26(16-27)53-25)54-34-18-30(31-21-56-39(45-31)43-22(2)3)44-35-23(4)33(52-9)14-13-29(34)35/h13-14,18,21-22,24-28,32,36H,10-12,15-17,19-20H2,1-9H3,(H,43,45)(H,46,51)(H,47,49)/t24-,25-,26+,27?,28-,32+,36?,42-/m1/s1. The van der Waals surface area contributed by atoms with Crippen LogP contribution in [-0.4, -0.2) is 94.5 Å². The first-order chi connectivity index (χ1) is 26.5. The number of alkyl carbamates (subject to hydrolysis) is 1. The number of carbonyl (C=O) groups is 3. The highest BCUT2D eigenvalue weighted by Crippen LogP contribution is 2.46. The molecule has 14 heteroatoms. The molecule has 3 aliphatic heterocycles. The number of fused-ring (bicyclic) bond motifs is 3. The molecule has 7 rings (SSSR count). The van der Waals surface area contributed by atoms with Gasteiger partial charge in [0.05, 0.1) is 37.1 Å². The molecule has 5 heterocycles. The second-order valence-corrected chi connectivity index (χ2v) is 18.6. The maximum Gasteiger partial charge on any atom is 0.408 e. The van der Waals surface area contributed by atoms with Gasteiger partial charge in [0.2, 0.25) is 11.8 Å². The van der Waals surface area contributed by atoms with Gasteiger partial charge in [-0.05, 0) is 70.4 Å². The SMILES string of the molecule is CC[C@@H]1C[C@@]1(C)NC(=O)[C@@H]1C[C@@H](Oc2cc(-c3csc(NC(C)C)n3)nc3c(C)c(OC)ccc23)CN1C(=O)C(NC(=O)OC1C[C@H]2CC[C@@H](C1)O2)C(C)(C)C. The summed E-state index contributed by atoms with van der Waals surface area (Å²) in [6, 6.07) is 4.16. The molecule has 13 nitrogen and oxygen atoms in total. The van der Waals surface area contributed by atoms with E-state index in [-0.39, 0.29) is 54.7 Å². The van der Waals surface area contributed by atoms with Gasteiger partial charge in [0.15, 0.2) is 5.13 Å². The number of hydrogen-bond acceptors (Lipinski definition) is 11. The number of pyridine rings is 1. The molecule has 3 aromatic rings. The maximum absolute atomic E-state index is 14.8. The Balaban J connectivity index is 1.17. The van der Waals surface area contributed by atoms with Crippen molar-refractivity contribution in [3.63, 3.8) is 0 Å². The molecule has 3 amide bonds. The summed E-state index contributed by atoms with van der Waals surface area (Å²) in [4.78, 5) is 53.9. The quantitative estimate of drug-likeness (QED) is 0.175. The summed E-state index contributed by atoms with van der Waals surface area (Å²) in [6.07, 6.45) is 4.13. The van der Waals surface area contributed by atoms with Crippen molar-refractivity contribution < 1.29 is 33.3 Å². The van der Waals surface area contributed by atoms with Crippen LogP contribution in [0.3, 0.4) is 0 Å². The predicted octanol–water partition coefficient (Wildman–Crippen LogP) is 7.00. The lowest BCUT2D eigenvalue weighted by Crippen LogP contribution is -2.58. The zero-order valence-electron chi connectivity index (χ0n) is 34.2. The molecule has 1 saturated carbocycles. The van der Waals surface area contributed by atoms with Gasteiger partial charge in [-0.2, -0.15) is 0 Å². The third-order valence-corrected chi connectivity index (χ3v) is 12.7. The molecule has 0 radical (unpaired) electrons. The second kappa shape index (κ2) is 15.6. The van der Waals surface area contributed by atoms with Crippen molar-refractivity contribution in [2.45, 2.75) is 148 Å². The van der Waals surface area contributed by atoms with Crippen LogP contribution in [-0.2, 0) is 19.1 Å². The fourth-order valence-corrected chi connectivity index (χ4v) is 9.53. The van der Waals surface area contributed by atoms with Crippen LogP contribution in [0.1, 0.15) is 99.0 Å². The zero-order valence-corrected chi connectivity index (χ0v) is 35.0. The number of ether oxygens (including phenoxy) is 4.